The Morgan fingerprint density at radius 1 is 0.882 bits per heavy atom. The van der Waals surface area contributed by atoms with Gasteiger partial charge in [0, 0.05) is 0 Å². The van der Waals surface area contributed by atoms with E-state index in [0.717, 1.165) is 0 Å². The van der Waals surface area contributed by atoms with E-state index in [1.165, 1.54) is 0 Å². The molecule has 0 spiro atoms. The van der Waals surface area contributed by atoms with Crippen molar-refractivity contribution in [1.82, 2.24) is 0 Å². The summed E-state index contributed by atoms with van der Waals surface area (Å²) < 4.78 is 14.4. The van der Waals surface area contributed by atoms with Crippen LogP contribution >= 0.6 is 27.5 Å². The van der Waals surface area contributed by atoms with Crippen LogP contribution in [-0.4, -0.2) is 4.29 Å². The van der Waals surface area contributed by atoms with Gasteiger partial charge in [0.05, 0.1) is 0 Å². The van der Waals surface area contributed by atoms with E-state index < -0.39 is 9.96 Å². The molecule has 17 heavy (non-hydrogen) atoms. The van der Waals surface area contributed by atoms with Crippen molar-refractivity contribution in [2.24, 2.45) is 0 Å². The predicted octanol–water partition coefficient (Wildman–Crippen LogP) is 4.86. The average Bonchev–Trinajstić information content (AvgIpc) is 2.39. The molecule has 0 fully saturated rings. The molecule has 0 aliphatic heterocycles. The molecule has 0 aliphatic rings. The van der Waals surface area contributed by atoms with Crippen molar-refractivity contribution in [1.29, 1.82) is 0 Å². The molecular formula is C14H11BrClF. The zero-order valence-corrected chi connectivity index (χ0v) is 11.3. The molecule has 0 amide bonds. The lowest BCUT2D eigenvalue weighted by Gasteiger charge is -2.27. The van der Waals surface area contributed by atoms with Crippen molar-refractivity contribution < 1.29 is 4.39 Å². The van der Waals surface area contributed by atoms with Crippen LogP contribution in [0.25, 0.3) is 0 Å². The highest BCUT2D eigenvalue weighted by atomic mass is 79.9. The maximum Gasteiger partial charge on any atom is 0.187 e. The highest BCUT2D eigenvalue weighted by Gasteiger charge is 2.40. The monoisotopic (exact) mass is 312 g/mol. The summed E-state index contributed by atoms with van der Waals surface area (Å²) in [5.74, 6) is 0. The zero-order chi connectivity index (χ0) is 12.3. The first-order chi connectivity index (χ1) is 8.15. The fourth-order valence-electron chi connectivity index (χ4n) is 1.78. The Bertz CT molecular complexity index is 431. The normalized spacial score (nSPS) is 13.4. The number of alkyl halides is 3. The summed E-state index contributed by atoms with van der Waals surface area (Å²) in [6.45, 7) is 0. The molecule has 0 saturated heterocycles. The number of rotatable bonds is 3. The number of hydrogen-bond acceptors (Lipinski definition) is 0. The molecule has 0 nitrogen and oxygen atoms in total. The molecule has 1 atom stereocenters. The number of hydrogen-bond donors (Lipinski definition) is 0. The molecule has 0 aliphatic carbocycles. The molecule has 88 valence electrons. The SMILES string of the molecule is FC(c1ccccc1)(c1ccccc1)C(Cl)Br. The van der Waals surface area contributed by atoms with Crippen LogP contribution in [0.4, 0.5) is 4.39 Å². The highest BCUT2D eigenvalue weighted by molar-refractivity contribution is 9.10. The second kappa shape index (κ2) is 5.19. The van der Waals surface area contributed by atoms with Gasteiger partial charge >= 0.3 is 0 Å². The second-order valence-corrected chi connectivity index (χ2v) is 5.62. The Morgan fingerprint density at radius 3 is 1.53 bits per heavy atom. The lowest BCUT2D eigenvalue weighted by Crippen LogP contribution is -2.29. The second-order valence-electron chi connectivity index (χ2n) is 3.74. The van der Waals surface area contributed by atoms with E-state index in [1.54, 1.807) is 48.5 Å². The Balaban J connectivity index is 2.55. The van der Waals surface area contributed by atoms with Crippen LogP contribution in [-0.2, 0) is 5.67 Å². The molecule has 2 aromatic carbocycles. The topological polar surface area (TPSA) is 0 Å². The molecular weight excluding hydrogens is 303 g/mol. The molecule has 0 bridgehead atoms. The van der Waals surface area contributed by atoms with Gasteiger partial charge in [0.2, 0.25) is 0 Å². The first-order valence-corrected chi connectivity index (χ1v) is 6.59. The molecule has 1 unspecified atom stereocenters. The maximum absolute atomic E-state index is 15.2. The van der Waals surface area contributed by atoms with Gasteiger partial charge in [-0.3, -0.25) is 0 Å². The molecule has 3 heteroatoms. The summed E-state index contributed by atoms with van der Waals surface area (Å²) in [5.41, 5.74) is -0.643. The van der Waals surface area contributed by atoms with Crippen LogP contribution in [0.2, 0.25) is 0 Å². The van der Waals surface area contributed by atoms with Crippen molar-refractivity contribution in [3.63, 3.8) is 0 Å². The van der Waals surface area contributed by atoms with Crippen LogP contribution in [0.5, 0.6) is 0 Å². The van der Waals surface area contributed by atoms with E-state index >= 15 is 4.39 Å². The van der Waals surface area contributed by atoms with Gasteiger partial charge in [0.1, 0.15) is 4.29 Å². The standard InChI is InChI=1S/C14H11BrClF/c15-13(16)14(17,11-7-3-1-4-8-11)12-9-5-2-6-10-12/h1-10,13H. The molecule has 2 rings (SSSR count). The third-order valence-corrected chi connectivity index (χ3v) is 3.62. The van der Waals surface area contributed by atoms with Crippen LogP contribution in [0.1, 0.15) is 11.1 Å². The van der Waals surface area contributed by atoms with Crippen molar-refractivity contribution >= 4 is 27.5 Å². The zero-order valence-electron chi connectivity index (χ0n) is 8.98. The first kappa shape index (κ1) is 12.6. The van der Waals surface area contributed by atoms with E-state index in [4.69, 9.17) is 11.6 Å². The molecule has 2 aromatic rings. The molecule has 0 aromatic heterocycles. The Hall–Kier alpha value is -0.860. The van der Waals surface area contributed by atoms with Crippen molar-refractivity contribution in [2.75, 3.05) is 0 Å². The Morgan fingerprint density at radius 2 is 1.24 bits per heavy atom. The molecule has 0 N–H and O–H groups in total. The summed E-state index contributed by atoms with van der Waals surface area (Å²) in [6, 6.07) is 17.9. The predicted molar refractivity (Wildman–Crippen MR) is 73.3 cm³/mol. The van der Waals surface area contributed by atoms with Crippen molar-refractivity contribution in [3.05, 3.63) is 71.8 Å². The molecule has 0 radical (unpaired) electrons. The highest BCUT2D eigenvalue weighted by Crippen LogP contribution is 2.42. The van der Waals surface area contributed by atoms with Gasteiger partial charge < -0.3 is 0 Å². The molecule has 0 saturated carbocycles. The minimum Gasteiger partial charge on any atom is -0.231 e. The fraction of sp³-hybridized carbons (Fsp3) is 0.143. The number of halogens is 3. The smallest absolute Gasteiger partial charge is 0.187 e. The van der Waals surface area contributed by atoms with Gasteiger partial charge in [-0.05, 0) is 11.1 Å². The lowest BCUT2D eigenvalue weighted by molar-refractivity contribution is 0.246. The van der Waals surface area contributed by atoms with Gasteiger partial charge in [-0.25, -0.2) is 4.39 Å². The maximum atomic E-state index is 15.2. The van der Waals surface area contributed by atoms with Crippen LogP contribution < -0.4 is 0 Å². The van der Waals surface area contributed by atoms with Gasteiger partial charge in [-0.2, -0.15) is 0 Å². The van der Waals surface area contributed by atoms with E-state index in [9.17, 15) is 0 Å². The van der Waals surface area contributed by atoms with Gasteiger partial charge in [-0.15, -0.1) is 11.6 Å². The lowest BCUT2D eigenvalue weighted by atomic mass is 9.90. The minimum atomic E-state index is -1.73. The van der Waals surface area contributed by atoms with Gasteiger partial charge in [0.25, 0.3) is 0 Å². The summed E-state index contributed by atoms with van der Waals surface area (Å²) in [4.78, 5) is 0. The van der Waals surface area contributed by atoms with Gasteiger partial charge in [0.15, 0.2) is 5.67 Å². The fourth-order valence-corrected chi connectivity index (χ4v) is 2.56. The van der Waals surface area contributed by atoms with E-state index in [1.807, 2.05) is 12.1 Å². The van der Waals surface area contributed by atoms with E-state index in [-0.39, 0.29) is 0 Å². The van der Waals surface area contributed by atoms with E-state index in [2.05, 4.69) is 15.9 Å². The minimum absolute atomic E-state index is 0.545. The Labute approximate surface area is 114 Å². The van der Waals surface area contributed by atoms with Crippen LogP contribution in [0, 0.1) is 0 Å². The van der Waals surface area contributed by atoms with Crippen LogP contribution in [0.3, 0.4) is 0 Å². The number of benzene rings is 2. The average molecular weight is 314 g/mol. The largest absolute Gasteiger partial charge is 0.231 e. The van der Waals surface area contributed by atoms with Crippen molar-refractivity contribution in [3.8, 4) is 0 Å². The summed E-state index contributed by atoms with van der Waals surface area (Å²) in [6.07, 6.45) is 0. The van der Waals surface area contributed by atoms with Crippen molar-refractivity contribution in [2.45, 2.75) is 9.96 Å². The third-order valence-electron chi connectivity index (χ3n) is 2.69. The van der Waals surface area contributed by atoms with Crippen LogP contribution in [0.15, 0.2) is 60.7 Å². The summed E-state index contributed by atoms with van der Waals surface area (Å²) >= 11 is 9.16. The summed E-state index contributed by atoms with van der Waals surface area (Å²) in [5, 5.41) is 0. The quantitative estimate of drug-likeness (QED) is 0.710. The molecule has 0 heterocycles. The first-order valence-electron chi connectivity index (χ1n) is 5.24. The Kier molecular flexibility index (Phi) is 3.85. The van der Waals surface area contributed by atoms with E-state index in [0.29, 0.717) is 11.1 Å². The third kappa shape index (κ3) is 2.38. The van der Waals surface area contributed by atoms with Gasteiger partial charge in [-0.1, -0.05) is 76.6 Å². The summed E-state index contributed by atoms with van der Waals surface area (Å²) in [7, 11) is 0.